The number of aromatic hydroxyl groups is 1. The maximum absolute atomic E-state index is 12.0. The molecule has 2 N–H and O–H groups in total. The van der Waals surface area contributed by atoms with Gasteiger partial charge in [0.05, 0.1) is 0 Å². The minimum Gasteiger partial charge on any atom is -0.505 e. The lowest BCUT2D eigenvalue weighted by Crippen LogP contribution is -2.24. The number of rotatable bonds is 6. The maximum atomic E-state index is 12.0. The SMILES string of the molecule is CCCNC(=O)CCc1cc(-n2nc3ccc(Cl)cc3n2)c(O)c(C(C)(C)C)c1. The minimum absolute atomic E-state index is 0.0244. The molecule has 0 saturated heterocycles. The molecule has 0 bridgehead atoms. The third-order valence-electron chi connectivity index (χ3n) is 4.73. The molecule has 2 aromatic carbocycles. The van der Waals surface area contributed by atoms with Crippen LogP contribution in [0.4, 0.5) is 0 Å². The van der Waals surface area contributed by atoms with Gasteiger partial charge < -0.3 is 10.4 Å². The Morgan fingerprint density at radius 1 is 1.17 bits per heavy atom. The normalized spacial score (nSPS) is 11.8. The van der Waals surface area contributed by atoms with Crippen LogP contribution in [0.3, 0.4) is 0 Å². The summed E-state index contributed by atoms with van der Waals surface area (Å²) in [5, 5.41) is 23.4. The van der Waals surface area contributed by atoms with Crippen LogP contribution < -0.4 is 5.32 Å². The van der Waals surface area contributed by atoms with E-state index in [4.69, 9.17) is 11.6 Å². The summed E-state index contributed by atoms with van der Waals surface area (Å²) in [7, 11) is 0. The fourth-order valence-corrected chi connectivity index (χ4v) is 3.32. The van der Waals surface area contributed by atoms with Gasteiger partial charge in [0.2, 0.25) is 5.91 Å². The fraction of sp³-hybridized carbons (Fsp3) is 0.409. The first kappa shape index (κ1) is 21.1. The third kappa shape index (κ3) is 4.88. The van der Waals surface area contributed by atoms with Crippen LogP contribution >= 0.6 is 11.6 Å². The fourth-order valence-electron chi connectivity index (χ4n) is 3.15. The van der Waals surface area contributed by atoms with Crippen molar-refractivity contribution in [2.75, 3.05) is 6.54 Å². The average molecular weight is 415 g/mol. The molecule has 0 saturated carbocycles. The van der Waals surface area contributed by atoms with Gasteiger partial charge in [0.1, 0.15) is 22.5 Å². The Morgan fingerprint density at radius 2 is 1.90 bits per heavy atom. The Kier molecular flexibility index (Phi) is 6.13. The van der Waals surface area contributed by atoms with Crippen molar-refractivity contribution in [2.45, 2.75) is 52.4 Å². The van der Waals surface area contributed by atoms with E-state index in [0.717, 1.165) is 17.5 Å². The average Bonchev–Trinajstić information content (AvgIpc) is 3.07. The Morgan fingerprint density at radius 3 is 2.59 bits per heavy atom. The number of nitrogens with one attached hydrogen (secondary N) is 1. The first-order valence-electron chi connectivity index (χ1n) is 9.85. The van der Waals surface area contributed by atoms with Gasteiger partial charge in [-0.05, 0) is 48.1 Å². The van der Waals surface area contributed by atoms with Gasteiger partial charge in [0.25, 0.3) is 0 Å². The highest BCUT2D eigenvalue weighted by atomic mass is 35.5. The Labute approximate surface area is 175 Å². The Balaban J connectivity index is 2.01. The highest BCUT2D eigenvalue weighted by molar-refractivity contribution is 6.31. The number of aryl methyl sites for hydroxylation is 1. The molecule has 6 nitrogen and oxygen atoms in total. The van der Waals surface area contributed by atoms with Crippen LogP contribution in [0.1, 0.15) is 51.7 Å². The van der Waals surface area contributed by atoms with Gasteiger partial charge in [0, 0.05) is 23.6 Å². The van der Waals surface area contributed by atoms with Crippen molar-refractivity contribution in [2.24, 2.45) is 0 Å². The third-order valence-corrected chi connectivity index (χ3v) is 4.96. The summed E-state index contributed by atoms with van der Waals surface area (Å²) in [6.45, 7) is 8.82. The van der Waals surface area contributed by atoms with E-state index in [1.165, 1.54) is 4.80 Å². The van der Waals surface area contributed by atoms with Crippen molar-refractivity contribution in [3.63, 3.8) is 0 Å². The molecule has 29 heavy (non-hydrogen) atoms. The van der Waals surface area contributed by atoms with Crippen molar-refractivity contribution < 1.29 is 9.90 Å². The maximum Gasteiger partial charge on any atom is 0.220 e. The van der Waals surface area contributed by atoms with Crippen LogP contribution in [0, 0.1) is 0 Å². The molecular weight excluding hydrogens is 388 g/mol. The first-order valence-corrected chi connectivity index (χ1v) is 10.2. The van der Waals surface area contributed by atoms with E-state index < -0.39 is 0 Å². The zero-order valence-corrected chi connectivity index (χ0v) is 18.0. The molecule has 0 spiro atoms. The van der Waals surface area contributed by atoms with Crippen molar-refractivity contribution in [3.8, 4) is 11.4 Å². The van der Waals surface area contributed by atoms with Gasteiger partial charge in [-0.2, -0.15) is 0 Å². The van der Waals surface area contributed by atoms with E-state index >= 15 is 0 Å². The van der Waals surface area contributed by atoms with Gasteiger partial charge in [0.15, 0.2) is 0 Å². The molecule has 154 valence electrons. The van der Waals surface area contributed by atoms with Crippen LogP contribution in [0.25, 0.3) is 16.7 Å². The molecule has 0 radical (unpaired) electrons. The molecule has 0 aliphatic heterocycles. The Bertz CT molecular complexity index is 1040. The second-order valence-electron chi connectivity index (χ2n) is 8.23. The van der Waals surface area contributed by atoms with E-state index in [-0.39, 0.29) is 17.1 Å². The van der Waals surface area contributed by atoms with Gasteiger partial charge in [-0.1, -0.05) is 45.4 Å². The molecule has 3 rings (SSSR count). The summed E-state index contributed by atoms with van der Waals surface area (Å²) in [5.74, 6) is 0.166. The molecule has 1 amide bonds. The number of carbonyl (C=O) groups is 1. The predicted octanol–water partition coefficient (Wildman–Crippen LogP) is 4.54. The lowest BCUT2D eigenvalue weighted by Gasteiger charge is -2.23. The van der Waals surface area contributed by atoms with Crippen molar-refractivity contribution in [1.82, 2.24) is 20.3 Å². The van der Waals surface area contributed by atoms with Crippen LogP contribution in [0.5, 0.6) is 5.75 Å². The van der Waals surface area contributed by atoms with Crippen molar-refractivity contribution in [1.29, 1.82) is 0 Å². The number of halogens is 1. The summed E-state index contributed by atoms with van der Waals surface area (Å²) < 4.78 is 0. The quantitative estimate of drug-likeness (QED) is 0.620. The molecule has 0 atom stereocenters. The number of fused-ring (bicyclic) bond motifs is 1. The number of nitrogens with zero attached hydrogens (tertiary/aromatic N) is 3. The van der Waals surface area contributed by atoms with E-state index in [1.54, 1.807) is 18.2 Å². The molecule has 1 heterocycles. The van der Waals surface area contributed by atoms with Crippen molar-refractivity contribution in [3.05, 3.63) is 46.5 Å². The zero-order chi connectivity index (χ0) is 21.2. The van der Waals surface area contributed by atoms with Crippen LogP contribution in [-0.2, 0) is 16.6 Å². The monoisotopic (exact) mass is 414 g/mol. The summed E-state index contributed by atoms with van der Waals surface area (Å²) in [4.78, 5) is 13.5. The highest BCUT2D eigenvalue weighted by Crippen LogP contribution is 2.36. The van der Waals surface area contributed by atoms with E-state index in [2.05, 4.69) is 15.5 Å². The number of phenolic OH excluding ortho intramolecular Hbond substituents is 1. The molecule has 1 aromatic heterocycles. The van der Waals surface area contributed by atoms with Gasteiger partial charge in [-0.25, -0.2) is 0 Å². The zero-order valence-electron chi connectivity index (χ0n) is 17.3. The lowest BCUT2D eigenvalue weighted by molar-refractivity contribution is -0.121. The standard InChI is InChI=1S/C22H27ClN4O2/c1-5-10-24-20(28)9-6-14-11-16(22(2,3)4)21(29)19(12-14)27-25-17-8-7-15(23)13-18(17)26-27/h7-8,11-13,29H,5-6,9-10H2,1-4H3,(H,24,28). The molecule has 7 heteroatoms. The first-order chi connectivity index (χ1) is 13.7. The molecule has 3 aromatic rings. The smallest absolute Gasteiger partial charge is 0.220 e. The summed E-state index contributed by atoms with van der Waals surface area (Å²) in [6.07, 6.45) is 1.86. The number of carbonyl (C=O) groups excluding carboxylic acids is 1. The predicted molar refractivity (Wildman–Crippen MR) is 116 cm³/mol. The number of aromatic nitrogens is 3. The van der Waals surface area contributed by atoms with Crippen LogP contribution in [0.15, 0.2) is 30.3 Å². The largest absolute Gasteiger partial charge is 0.505 e. The van der Waals surface area contributed by atoms with E-state index in [0.29, 0.717) is 41.1 Å². The number of amides is 1. The van der Waals surface area contributed by atoms with E-state index in [1.807, 2.05) is 39.8 Å². The number of phenols is 1. The second kappa shape index (κ2) is 8.41. The molecule has 0 unspecified atom stereocenters. The second-order valence-corrected chi connectivity index (χ2v) is 8.67. The molecule has 0 fully saturated rings. The summed E-state index contributed by atoms with van der Waals surface area (Å²) in [6, 6.07) is 9.10. The molecule has 0 aliphatic rings. The molecule has 0 aliphatic carbocycles. The number of hydrogen-bond acceptors (Lipinski definition) is 4. The summed E-state index contributed by atoms with van der Waals surface area (Å²) >= 11 is 6.06. The van der Waals surface area contributed by atoms with Crippen LogP contribution in [0.2, 0.25) is 5.02 Å². The highest BCUT2D eigenvalue weighted by Gasteiger charge is 2.23. The topological polar surface area (TPSA) is 80.0 Å². The number of hydrogen-bond donors (Lipinski definition) is 2. The van der Waals surface area contributed by atoms with Gasteiger partial charge >= 0.3 is 0 Å². The van der Waals surface area contributed by atoms with E-state index in [9.17, 15) is 9.90 Å². The van der Waals surface area contributed by atoms with Crippen molar-refractivity contribution >= 4 is 28.5 Å². The Hall–Kier alpha value is -2.60. The van der Waals surface area contributed by atoms with Gasteiger partial charge in [-0.15, -0.1) is 15.0 Å². The lowest BCUT2D eigenvalue weighted by atomic mass is 9.84. The van der Waals surface area contributed by atoms with Crippen LogP contribution in [-0.4, -0.2) is 32.6 Å². The number of benzene rings is 2. The van der Waals surface area contributed by atoms with Gasteiger partial charge in [-0.3, -0.25) is 4.79 Å². The molecular formula is C22H27ClN4O2. The minimum atomic E-state index is -0.283. The summed E-state index contributed by atoms with van der Waals surface area (Å²) in [5.41, 5.74) is 3.30.